The summed E-state index contributed by atoms with van der Waals surface area (Å²) in [5, 5.41) is 15.5. The molecule has 0 aromatic heterocycles. The average molecular weight is 285 g/mol. The topological polar surface area (TPSA) is 44.3 Å². The zero-order valence-corrected chi connectivity index (χ0v) is 11.1. The SMILES string of the molecule is C.CNCCCCBr.CNCCCCO. The minimum Gasteiger partial charge on any atom is -0.396 e. The first-order valence-electron chi connectivity index (χ1n) is 5.29. The minimum atomic E-state index is 0. The zero-order valence-electron chi connectivity index (χ0n) is 9.48. The van der Waals surface area contributed by atoms with Crippen molar-refractivity contribution in [3.05, 3.63) is 0 Å². The van der Waals surface area contributed by atoms with Gasteiger partial charge in [-0.05, 0) is 52.9 Å². The largest absolute Gasteiger partial charge is 0.396 e. The first-order valence-corrected chi connectivity index (χ1v) is 6.41. The van der Waals surface area contributed by atoms with E-state index >= 15 is 0 Å². The Bertz CT molecular complexity index is 67.0. The Hall–Kier alpha value is 0.360. The minimum absolute atomic E-state index is 0. The third kappa shape index (κ3) is 31.4. The smallest absolute Gasteiger partial charge is 0.0431 e. The maximum absolute atomic E-state index is 8.27. The summed E-state index contributed by atoms with van der Waals surface area (Å²) in [6, 6.07) is 0. The predicted molar refractivity (Wildman–Crippen MR) is 73.9 cm³/mol. The summed E-state index contributed by atoms with van der Waals surface area (Å²) >= 11 is 3.35. The predicted octanol–water partition coefficient (Wildman–Crippen LogP) is 2.00. The Balaban J connectivity index is -0.000000180. The number of aliphatic hydroxyl groups excluding tert-OH is 1. The molecule has 4 heteroatoms. The van der Waals surface area contributed by atoms with E-state index in [1.54, 1.807) is 0 Å². The summed E-state index contributed by atoms with van der Waals surface area (Å²) in [5.74, 6) is 0. The van der Waals surface area contributed by atoms with Crippen LogP contribution in [0.5, 0.6) is 0 Å². The van der Waals surface area contributed by atoms with Crippen LogP contribution in [-0.2, 0) is 0 Å². The Morgan fingerprint density at radius 3 is 1.73 bits per heavy atom. The monoisotopic (exact) mass is 284 g/mol. The van der Waals surface area contributed by atoms with E-state index in [1.807, 2.05) is 14.1 Å². The van der Waals surface area contributed by atoms with E-state index in [4.69, 9.17) is 5.11 Å². The number of alkyl halides is 1. The van der Waals surface area contributed by atoms with Crippen molar-refractivity contribution in [2.45, 2.75) is 33.1 Å². The quantitative estimate of drug-likeness (QED) is 0.472. The molecule has 0 heterocycles. The highest BCUT2D eigenvalue weighted by Crippen LogP contribution is 1.90. The third-order valence-electron chi connectivity index (χ3n) is 1.65. The number of aliphatic hydroxyl groups is 1. The lowest BCUT2D eigenvalue weighted by Crippen LogP contribution is -2.07. The average Bonchev–Trinajstić information content (AvgIpc) is 2.21. The van der Waals surface area contributed by atoms with E-state index in [9.17, 15) is 0 Å². The molecule has 0 aromatic carbocycles. The molecule has 0 bridgehead atoms. The highest BCUT2D eigenvalue weighted by Gasteiger charge is 1.80. The van der Waals surface area contributed by atoms with Gasteiger partial charge in [-0.1, -0.05) is 23.4 Å². The Kier molecular flexibility index (Phi) is 33.0. The van der Waals surface area contributed by atoms with Crippen molar-refractivity contribution in [1.82, 2.24) is 10.6 Å². The molecule has 96 valence electrons. The molecule has 0 radical (unpaired) electrons. The van der Waals surface area contributed by atoms with Crippen molar-refractivity contribution in [3.63, 3.8) is 0 Å². The molecule has 0 aliphatic carbocycles. The van der Waals surface area contributed by atoms with Crippen molar-refractivity contribution in [3.8, 4) is 0 Å². The van der Waals surface area contributed by atoms with Crippen LogP contribution in [0.3, 0.4) is 0 Å². The molecule has 0 rings (SSSR count). The van der Waals surface area contributed by atoms with Crippen LogP contribution in [-0.4, -0.2) is 44.2 Å². The van der Waals surface area contributed by atoms with Crippen LogP contribution in [0.25, 0.3) is 0 Å². The van der Waals surface area contributed by atoms with Crippen LogP contribution in [0.4, 0.5) is 0 Å². The van der Waals surface area contributed by atoms with Crippen LogP contribution < -0.4 is 10.6 Å². The van der Waals surface area contributed by atoms with Crippen LogP contribution in [0.15, 0.2) is 0 Å². The fourth-order valence-corrected chi connectivity index (χ4v) is 1.21. The highest BCUT2D eigenvalue weighted by molar-refractivity contribution is 9.09. The molecule has 0 aliphatic rings. The molecule has 0 atom stereocenters. The zero-order chi connectivity index (χ0) is 11.1. The molecule has 15 heavy (non-hydrogen) atoms. The number of rotatable bonds is 8. The fraction of sp³-hybridized carbons (Fsp3) is 1.00. The molecule has 0 spiro atoms. The summed E-state index contributed by atoms with van der Waals surface area (Å²) in [4.78, 5) is 0. The van der Waals surface area contributed by atoms with Crippen LogP contribution in [0, 0.1) is 0 Å². The van der Waals surface area contributed by atoms with Gasteiger partial charge in [-0.2, -0.15) is 0 Å². The van der Waals surface area contributed by atoms with E-state index in [-0.39, 0.29) is 7.43 Å². The van der Waals surface area contributed by atoms with Gasteiger partial charge < -0.3 is 15.7 Å². The van der Waals surface area contributed by atoms with Crippen LogP contribution in [0.2, 0.25) is 0 Å². The van der Waals surface area contributed by atoms with Gasteiger partial charge in [0.05, 0.1) is 0 Å². The van der Waals surface area contributed by atoms with Crippen LogP contribution >= 0.6 is 15.9 Å². The Labute approximate surface area is 104 Å². The van der Waals surface area contributed by atoms with Crippen molar-refractivity contribution >= 4 is 15.9 Å². The van der Waals surface area contributed by atoms with Gasteiger partial charge in [0, 0.05) is 11.9 Å². The molecule has 0 saturated heterocycles. The summed E-state index contributed by atoms with van der Waals surface area (Å²) < 4.78 is 0. The lowest BCUT2D eigenvalue weighted by molar-refractivity contribution is 0.284. The van der Waals surface area contributed by atoms with Gasteiger partial charge in [0.1, 0.15) is 0 Å². The number of hydrogen-bond acceptors (Lipinski definition) is 3. The van der Waals surface area contributed by atoms with Gasteiger partial charge in [-0.25, -0.2) is 0 Å². The summed E-state index contributed by atoms with van der Waals surface area (Å²) in [5.41, 5.74) is 0. The summed E-state index contributed by atoms with van der Waals surface area (Å²) in [6.45, 7) is 2.48. The van der Waals surface area contributed by atoms with Gasteiger partial charge in [-0.3, -0.25) is 0 Å². The molecule has 0 unspecified atom stereocenters. The van der Waals surface area contributed by atoms with Crippen molar-refractivity contribution in [2.24, 2.45) is 0 Å². The Morgan fingerprint density at radius 1 is 0.933 bits per heavy atom. The lowest BCUT2D eigenvalue weighted by Gasteiger charge is -1.92. The first-order chi connectivity index (χ1) is 6.83. The van der Waals surface area contributed by atoms with Crippen molar-refractivity contribution in [1.29, 1.82) is 0 Å². The van der Waals surface area contributed by atoms with Gasteiger partial charge in [-0.15, -0.1) is 0 Å². The van der Waals surface area contributed by atoms with Gasteiger partial charge in [0.15, 0.2) is 0 Å². The molecule has 0 aromatic rings. The van der Waals surface area contributed by atoms with E-state index in [0.29, 0.717) is 6.61 Å². The Morgan fingerprint density at radius 2 is 1.40 bits per heavy atom. The second-order valence-corrected chi connectivity index (χ2v) is 3.83. The molecule has 3 N–H and O–H groups in total. The second-order valence-electron chi connectivity index (χ2n) is 3.03. The number of unbranched alkanes of at least 4 members (excludes halogenated alkanes) is 2. The number of nitrogens with one attached hydrogen (secondary N) is 2. The summed E-state index contributed by atoms with van der Waals surface area (Å²) in [6.07, 6.45) is 4.55. The number of halogens is 1. The second kappa shape index (κ2) is 23.9. The molecule has 3 nitrogen and oxygen atoms in total. The maximum Gasteiger partial charge on any atom is 0.0431 e. The van der Waals surface area contributed by atoms with Gasteiger partial charge in [0.2, 0.25) is 0 Å². The highest BCUT2D eigenvalue weighted by atomic mass is 79.9. The molecular weight excluding hydrogens is 256 g/mol. The van der Waals surface area contributed by atoms with Crippen molar-refractivity contribution < 1.29 is 5.11 Å². The van der Waals surface area contributed by atoms with E-state index < -0.39 is 0 Å². The van der Waals surface area contributed by atoms with Gasteiger partial charge >= 0.3 is 0 Å². The van der Waals surface area contributed by atoms with Gasteiger partial charge in [0.25, 0.3) is 0 Å². The lowest BCUT2D eigenvalue weighted by atomic mass is 10.3. The molecule has 0 saturated carbocycles. The normalized spacial score (nSPS) is 8.80. The van der Waals surface area contributed by atoms with Crippen molar-refractivity contribution in [2.75, 3.05) is 39.1 Å². The van der Waals surface area contributed by atoms with E-state index in [2.05, 4.69) is 26.6 Å². The van der Waals surface area contributed by atoms with E-state index in [1.165, 1.54) is 12.8 Å². The molecule has 0 aliphatic heterocycles. The fourth-order valence-electron chi connectivity index (χ4n) is 0.810. The summed E-state index contributed by atoms with van der Waals surface area (Å²) in [7, 11) is 3.89. The molecule has 0 fully saturated rings. The molecule has 0 amide bonds. The van der Waals surface area contributed by atoms with E-state index in [0.717, 1.165) is 31.3 Å². The standard InChI is InChI=1S/C5H12BrN.C5H13NO.CH4/c1-7-5-3-2-4-6;1-6-4-2-3-5-7;/h7H,2-5H2,1H3;6-7H,2-5H2,1H3;1H4. The number of hydrogen-bond donors (Lipinski definition) is 3. The van der Waals surface area contributed by atoms with Crippen LogP contribution in [0.1, 0.15) is 33.1 Å². The third-order valence-corrected chi connectivity index (χ3v) is 2.21. The maximum atomic E-state index is 8.27. The molecular formula is C11H29BrN2O. The first kappa shape index (κ1) is 20.7.